The van der Waals surface area contributed by atoms with Crippen LogP contribution in [0.5, 0.6) is 0 Å². The van der Waals surface area contributed by atoms with Crippen molar-refractivity contribution in [2.45, 2.75) is 65.6 Å². The van der Waals surface area contributed by atoms with Crippen molar-refractivity contribution in [3.63, 3.8) is 0 Å². The minimum Gasteiger partial charge on any atom is -0.368 e. The Morgan fingerprint density at radius 3 is 2.38 bits per heavy atom. The molecular formula is C14H28O2. The molecule has 96 valence electrons. The molecule has 2 heteroatoms. The van der Waals surface area contributed by atoms with Gasteiger partial charge in [-0.25, -0.2) is 0 Å². The predicted molar refractivity (Wildman–Crippen MR) is 67.2 cm³/mol. The zero-order chi connectivity index (χ0) is 12.0. The van der Waals surface area contributed by atoms with Crippen molar-refractivity contribution < 1.29 is 9.84 Å². The molecule has 1 unspecified atom stereocenters. The molecule has 0 radical (unpaired) electrons. The van der Waals surface area contributed by atoms with Crippen LogP contribution in [-0.2, 0) is 4.74 Å². The number of ether oxygens (including phenoxy) is 1. The number of aliphatic hydroxyl groups excluding tert-OH is 1. The number of hydrogen-bond donors (Lipinski definition) is 1. The second-order valence-corrected chi connectivity index (χ2v) is 5.87. The molecule has 0 amide bonds. The molecule has 1 saturated carbocycles. The SMILES string of the molecule is CC(C)CCOC(O)CC1CCC(C)CC1. The number of hydrogen-bond acceptors (Lipinski definition) is 2. The van der Waals surface area contributed by atoms with E-state index in [0.29, 0.717) is 18.4 Å². The van der Waals surface area contributed by atoms with Crippen molar-refractivity contribution in [3.8, 4) is 0 Å². The fourth-order valence-corrected chi connectivity index (χ4v) is 2.36. The molecule has 0 aromatic rings. The Labute approximate surface area is 100 Å². The van der Waals surface area contributed by atoms with Gasteiger partial charge in [-0.1, -0.05) is 46.5 Å². The largest absolute Gasteiger partial charge is 0.368 e. The maximum atomic E-state index is 9.76. The van der Waals surface area contributed by atoms with Crippen molar-refractivity contribution in [3.05, 3.63) is 0 Å². The first-order chi connectivity index (χ1) is 7.58. The van der Waals surface area contributed by atoms with Crippen LogP contribution in [0.25, 0.3) is 0 Å². The maximum absolute atomic E-state index is 9.76. The molecule has 1 fully saturated rings. The van der Waals surface area contributed by atoms with E-state index < -0.39 is 6.29 Å². The highest BCUT2D eigenvalue weighted by Crippen LogP contribution is 2.31. The summed E-state index contributed by atoms with van der Waals surface area (Å²) in [6, 6.07) is 0. The van der Waals surface area contributed by atoms with E-state index >= 15 is 0 Å². The monoisotopic (exact) mass is 228 g/mol. The standard InChI is InChI=1S/C14H28O2/c1-11(2)8-9-16-14(15)10-13-6-4-12(3)5-7-13/h11-15H,4-10H2,1-3H3. The summed E-state index contributed by atoms with van der Waals surface area (Å²) in [5.41, 5.74) is 0. The van der Waals surface area contributed by atoms with Crippen molar-refractivity contribution in [2.75, 3.05) is 6.61 Å². The van der Waals surface area contributed by atoms with E-state index in [4.69, 9.17) is 4.74 Å². The van der Waals surface area contributed by atoms with E-state index in [9.17, 15) is 5.11 Å². The van der Waals surface area contributed by atoms with Crippen LogP contribution in [-0.4, -0.2) is 18.0 Å². The number of rotatable bonds is 6. The Kier molecular flexibility index (Phi) is 6.37. The third kappa shape index (κ3) is 5.86. The van der Waals surface area contributed by atoms with E-state index in [1.165, 1.54) is 25.7 Å². The van der Waals surface area contributed by atoms with Crippen LogP contribution in [0.2, 0.25) is 0 Å². The average molecular weight is 228 g/mol. The summed E-state index contributed by atoms with van der Waals surface area (Å²) in [5, 5.41) is 9.76. The van der Waals surface area contributed by atoms with Gasteiger partial charge in [-0.05, 0) is 24.2 Å². The summed E-state index contributed by atoms with van der Waals surface area (Å²) < 4.78 is 5.44. The van der Waals surface area contributed by atoms with Gasteiger partial charge in [0, 0.05) is 13.0 Å². The first-order valence-electron chi connectivity index (χ1n) is 6.87. The Morgan fingerprint density at radius 2 is 1.81 bits per heavy atom. The first kappa shape index (κ1) is 14.0. The second kappa shape index (κ2) is 7.29. The van der Waals surface area contributed by atoms with Crippen LogP contribution in [0.1, 0.15) is 59.3 Å². The van der Waals surface area contributed by atoms with Gasteiger partial charge in [0.05, 0.1) is 0 Å². The first-order valence-corrected chi connectivity index (χ1v) is 6.87. The molecule has 1 aliphatic rings. The minimum atomic E-state index is -0.530. The van der Waals surface area contributed by atoms with E-state index in [2.05, 4.69) is 20.8 Å². The molecule has 1 atom stereocenters. The minimum absolute atomic E-state index is 0.530. The fourth-order valence-electron chi connectivity index (χ4n) is 2.36. The molecule has 0 aliphatic heterocycles. The van der Waals surface area contributed by atoms with Gasteiger partial charge in [0.2, 0.25) is 0 Å². The molecule has 1 rings (SSSR count). The van der Waals surface area contributed by atoms with Crippen molar-refractivity contribution in [1.29, 1.82) is 0 Å². The maximum Gasteiger partial charge on any atom is 0.154 e. The van der Waals surface area contributed by atoms with E-state index in [1.54, 1.807) is 0 Å². The lowest BCUT2D eigenvalue weighted by Gasteiger charge is -2.27. The topological polar surface area (TPSA) is 29.5 Å². The fraction of sp³-hybridized carbons (Fsp3) is 1.00. The van der Waals surface area contributed by atoms with Gasteiger partial charge >= 0.3 is 0 Å². The Bertz CT molecular complexity index is 172. The van der Waals surface area contributed by atoms with Crippen LogP contribution in [0.3, 0.4) is 0 Å². The molecule has 0 spiro atoms. The molecule has 2 nitrogen and oxygen atoms in total. The van der Waals surface area contributed by atoms with Crippen molar-refractivity contribution >= 4 is 0 Å². The molecular weight excluding hydrogens is 200 g/mol. The molecule has 1 aliphatic carbocycles. The van der Waals surface area contributed by atoms with Gasteiger partial charge in [-0.3, -0.25) is 0 Å². The normalized spacial score (nSPS) is 28.3. The summed E-state index contributed by atoms with van der Waals surface area (Å²) >= 11 is 0. The Hall–Kier alpha value is -0.0800. The average Bonchev–Trinajstić information content (AvgIpc) is 2.21. The lowest BCUT2D eigenvalue weighted by molar-refractivity contribution is -0.115. The van der Waals surface area contributed by atoms with Crippen molar-refractivity contribution in [2.24, 2.45) is 17.8 Å². The summed E-state index contributed by atoms with van der Waals surface area (Å²) in [7, 11) is 0. The van der Waals surface area contributed by atoms with Gasteiger partial charge in [0.1, 0.15) is 0 Å². The van der Waals surface area contributed by atoms with E-state index in [1.807, 2.05) is 0 Å². The van der Waals surface area contributed by atoms with E-state index in [-0.39, 0.29) is 0 Å². The van der Waals surface area contributed by atoms with Gasteiger partial charge in [-0.15, -0.1) is 0 Å². The third-order valence-electron chi connectivity index (χ3n) is 3.68. The van der Waals surface area contributed by atoms with Crippen LogP contribution in [0.15, 0.2) is 0 Å². The number of aliphatic hydroxyl groups is 1. The Morgan fingerprint density at radius 1 is 1.19 bits per heavy atom. The zero-order valence-electron chi connectivity index (χ0n) is 11.1. The van der Waals surface area contributed by atoms with Crippen LogP contribution < -0.4 is 0 Å². The molecule has 0 aromatic heterocycles. The van der Waals surface area contributed by atoms with E-state index in [0.717, 1.165) is 18.8 Å². The van der Waals surface area contributed by atoms with Gasteiger partial charge < -0.3 is 9.84 Å². The highest BCUT2D eigenvalue weighted by atomic mass is 16.6. The van der Waals surface area contributed by atoms with Gasteiger partial charge in [0.15, 0.2) is 6.29 Å². The lowest BCUT2D eigenvalue weighted by Crippen LogP contribution is -2.21. The smallest absolute Gasteiger partial charge is 0.154 e. The third-order valence-corrected chi connectivity index (χ3v) is 3.68. The van der Waals surface area contributed by atoms with Gasteiger partial charge in [-0.2, -0.15) is 0 Å². The summed E-state index contributed by atoms with van der Waals surface area (Å²) in [6.45, 7) is 7.38. The Balaban J connectivity index is 2.07. The summed E-state index contributed by atoms with van der Waals surface area (Å²) in [6.07, 6.45) is 6.53. The molecule has 0 heterocycles. The molecule has 16 heavy (non-hydrogen) atoms. The van der Waals surface area contributed by atoms with Crippen LogP contribution >= 0.6 is 0 Å². The molecule has 0 bridgehead atoms. The molecule has 0 saturated heterocycles. The zero-order valence-corrected chi connectivity index (χ0v) is 11.1. The highest BCUT2D eigenvalue weighted by molar-refractivity contribution is 4.70. The summed E-state index contributed by atoms with van der Waals surface area (Å²) in [5.74, 6) is 2.23. The van der Waals surface area contributed by atoms with Crippen LogP contribution in [0, 0.1) is 17.8 Å². The summed E-state index contributed by atoms with van der Waals surface area (Å²) in [4.78, 5) is 0. The lowest BCUT2D eigenvalue weighted by atomic mass is 9.81. The molecule has 1 N–H and O–H groups in total. The second-order valence-electron chi connectivity index (χ2n) is 5.87. The highest BCUT2D eigenvalue weighted by Gasteiger charge is 2.21. The van der Waals surface area contributed by atoms with Crippen molar-refractivity contribution in [1.82, 2.24) is 0 Å². The quantitative estimate of drug-likeness (QED) is 0.704. The predicted octanol–water partition coefficient (Wildman–Crippen LogP) is 3.58. The van der Waals surface area contributed by atoms with Crippen LogP contribution in [0.4, 0.5) is 0 Å². The van der Waals surface area contributed by atoms with Gasteiger partial charge in [0.25, 0.3) is 0 Å². The molecule has 0 aromatic carbocycles.